The number of rotatable bonds is 8. The van der Waals surface area contributed by atoms with Crippen LogP contribution in [-0.4, -0.2) is 19.2 Å². The Hall–Kier alpha value is -0.780. The van der Waals surface area contributed by atoms with Crippen molar-refractivity contribution in [1.82, 2.24) is 0 Å². The van der Waals surface area contributed by atoms with Crippen molar-refractivity contribution in [2.24, 2.45) is 0 Å². The van der Waals surface area contributed by atoms with Gasteiger partial charge in [0.1, 0.15) is 5.75 Å². The van der Waals surface area contributed by atoms with Crippen molar-refractivity contribution in [3.8, 4) is 5.75 Å². The van der Waals surface area contributed by atoms with Crippen LogP contribution in [0.2, 0.25) is 0 Å². The van der Waals surface area contributed by atoms with Crippen molar-refractivity contribution < 1.29 is 14.3 Å². The smallest absolute Gasteiger partial charge is 0.305 e. The Morgan fingerprint density at radius 1 is 1.22 bits per heavy atom. The molecule has 0 aliphatic heterocycles. The summed E-state index contributed by atoms with van der Waals surface area (Å²) in [5.74, 6) is 0.833. The van der Waals surface area contributed by atoms with Crippen molar-refractivity contribution in [3.05, 3.63) is 27.8 Å². The van der Waals surface area contributed by atoms with Crippen LogP contribution in [-0.2, 0) is 9.53 Å². The number of carbonyl (C=O) groups is 1. The van der Waals surface area contributed by atoms with Gasteiger partial charge in [-0.15, -0.1) is 0 Å². The summed E-state index contributed by atoms with van der Waals surface area (Å²) >= 11 is 2.26. The van der Waals surface area contributed by atoms with Crippen LogP contribution in [0.15, 0.2) is 24.3 Å². The lowest BCUT2D eigenvalue weighted by atomic mass is 10.2. The van der Waals surface area contributed by atoms with Gasteiger partial charge in [-0.05, 0) is 60.9 Å². The van der Waals surface area contributed by atoms with E-state index in [1.807, 2.05) is 31.2 Å². The van der Waals surface area contributed by atoms with Crippen molar-refractivity contribution in [2.45, 2.75) is 32.6 Å². The van der Waals surface area contributed by atoms with Gasteiger partial charge in [-0.2, -0.15) is 0 Å². The Labute approximate surface area is 122 Å². The molecular weight excluding hydrogens is 343 g/mol. The fourth-order valence-electron chi connectivity index (χ4n) is 1.53. The lowest BCUT2D eigenvalue weighted by molar-refractivity contribution is -0.143. The topological polar surface area (TPSA) is 35.5 Å². The second-order valence-electron chi connectivity index (χ2n) is 3.89. The van der Waals surface area contributed by atoms with E-state index in [0.29, 0.717) is 19.6 Å². The average molecular weight is 362 g/mol. The quantitative estimate of drug-likeness (QED) is 0.401. The minimum Gasteiger partial charge on any atom is -0.492 e. The van der Waals surface area contributed by atoms with E-state index in [1.165, 1.54) is 0 Å². The number of hydrogen-bond donors (Lipinski definition) is 0. The van der Waals surface area contributed by atoms with Crippen molar-refractivity contribution in [2.75, 3.05) is 13.2 Å². The maximum Gasteiger partial charge on any atom is 0.305 e. The first kappa shape index (κ1) is 15.3. The largest absolute Gasteiger partial charge is 0.492 e. The van der Waals surface area contributed by atoms with Crippen molar-refractivity contribution >= 4 is 28.6 Å². The van der Waals surface area contributed by atoms with Gasteiger partial charge in [0.15, 0.2) is 0 Å². The highest BCUT2D eigenvalue weighted by Crippen LogP contribution is 2.19. The molecule has 18 heavy (non-hydrogen) atoms. The third-order valence-electron chi connectivity index (χ3n) is 2.42. The fourth-order valence-corrected chi connectivity index (χ4v) is 2.07. The molecule has 0 unspecified atom stereocenters. The Balaban J connectivity index is 2.06. The maximum atomic E-state index is 11.1. The molecule has 0 bridgehead atoms. The van der Waals surface area contributed by atoms with Crippen LogP contribution in [0.3, 0.4) is 0 Å². The van der Waals surface area contributed by atoms with Crippen LogP contribution in [0.1, 0.15) is 32.6 Å². The molecule has 100 valence electrons. The first-order valence-corrected chi connectivity index (χ1v) is 7.35. The molecule has 1 aromatic rings. The first-order valence-electron chi connectivity index (χ1n) is 6.27. The molecule has 0 amide bonds. The molecule has 4 heteroatoms. The van der Waals surface area contributed by atoms with Crippen LogP contribution >= 0.6 is 22.6 Å². The molecule has 1 aromatic carbocycles. The lowest BCUT2D eigenvalue weighted by Crippen LogP contribution is -2.04. The molecule has 1 rings (SSSR count). The summed E-state index contributed by atoms with van der Waals surface area (Å²) in [4.78, 5) is 11.1. The van der Waals surface area contributed by atoms with E-state index in [-0.39, 0.29) is 5.97 Å². The number of ether oxygens (including phenoxy) is 2. The van der Waals surface area contributed by atoms with Gasteiger partial charge in [0.05, 0.1) is 16.8 Å². The zero-order chi connectivity index (χ0) is 13.2. The second kappa shape index (κ2) is 9.19. The van der Waals surface area contributed by atoms with E-state index in [1.54, 1.807) is 0 Å². The van der Waals surface area contributed by atoms with Crippen molar-refractivity contribution in [1.29, 1.82) is 0 Å². The fraction of sp³-hybridized carbons (Fsp3) is 0.500. The van der Waals surface area contributed by atoms with E-state index >= 15 is 0 Å². The molecule has 0 fully saturated rings. The number of benzene rings is 1. The van der Waals surface area contributed by atoms with Crippen LogP contribution in [0.4, 0.5) is 0 Å². The molecule has 3 nitrogen and oxygen atoms in total. The van der Waals surface area contributed by atoms with Gasteiger partial charge in [-0.1, -0.05) is 12.1 Å². The van der Waals surface area contributed by atoms with E-state index in [9.17, 15) is 4.79 Å². The number of carbonyl (C=O) groups excluding carboxylic acids is 1. The second-order valence-corrected chi connectivity index (χ2v) is 5.06. The molecular formula is C14H19IO3. The third kappa shape index (κ3) is 6.23. The summed E-state index contributed by atoms with van der Waals surface area (Å²) in [6.45, 7) is 2.99. The molecule has 0 aliphatic rings. The Morgan fingerprint density at radius 2 is 2.00 bits per heavy atom. The number of para-hydroxylation sites is 1. The average Bonchev–Trinajstić information content (AvgIpc) is 2.36. The Kier molecular flexibility index (Phi) is 7.80. The van der Waals surface area contributed by atoms with Gasteiger partial charge in [-0.3, -0.25) is 4.79 Å². The van der Waals surface area contributed by atoms with E-state index in [4.69, 9.17) is 9.47 Å². The van der Waals surface area contributed by atoms with E-state index in [2.05, 4.69) is 22.6 Å². The number of halogens is 1. The summed E-state index contributed by atoms with van der Waals surface area (Å²) in [6, 6.07) is 7.96. The van der Waals surface area contributed by atoms with Gasteiger partial charge < -0.3 is 9.47 Å². The Bertz CT molecular complexity index is 366. The van der Waals surface area contributed by atoms with Gasteiger partial charge in [0, 0.05) is 6.42 Å². The van der Waals surface area contributed by atoms with Crippen LogP contribution < -0.4 is 4.74 Å². The standard InChI is InChI=1S/C14H19IO3/c1-2-17-14(16)10-4-3-7-11-18-13-9-6-5-8-12(13)15/h5-6,8-9H,2-4,7,10-11H2,1H3. The van der Waals surface area contributed by atoms with E-state index < -0.39 is 0 Å². The highest BCUT2D eigenvalue weighted by atomic mass is 127. The highest BCUT2D eigenvalue weighted by molar-refractivity contribution is 14.1. The predicted octanol–water partition coefficient (Wildman–Crippen LogP) is 3.79. The number of unbranched alkanes of at least 4 members (excludes halogenated alkanes) is 2. The summed E-state index contributed by atoms with van der Waals surface area (Å²) in [7, 11) is 0. The molecule has 0 N–H and O–H groups in total. The monoisotopic (exact) mass is 362 g/mol. The normalized spacial score (nSPS) is 10.1. The minimum atomic E-state index is -0.101. The summed E-state index contributed by atoms with van der Waals surface area (Å²) in [5, 5.41) is 0. The van der Waals surface area contributed by atoms with Gasteiger partial charge >= 0.3 is 5.97 Å². The maximum absolute atomic E-state index is 11.1. The summed E-state index contributed by atoms with van der Waals surface area (Å²) < 4.78 is 11.7. The van der Waals surface area contributed by atoms with E-state index in [0.717, 1.165) is 28.6 Å². The first-order chi connectivity index (χ1) is 8.74. The molecule has 0 saturated carbocycles. The summed E-state index contributed by atoms with van der Waals surface area (Å²) in [6.07, 6.45) is 3.33. The van der Waals surface area contributed by atoms with Crippen LogP contribution in [0, 0.1) is 3.57 Å². The predicted molar refractivity (Wildman–Crippen MR) is 79.8 cm³/mol. The van der Waals surface area contributed by atoms with Gasteiger partial charge in [0.2, 0.25) is 0 Å². The lowest BCUT2D eigenvalue weighted by Gasteiger charge is -2.07. The molecule has 0 heterocycles. The third-order valence-corrected chi connectivity index (χ3v) is 3.32. The Morgan fingerprint density at radius 3 is 2.72 bits per heavy atom. The minimum absolute atomic E-state index is 0.101. The zero-order valence-electron chi connectivity index (χ0n) is 10.7. The van der Waals surface area contributed by atoms with Crippen molar-refractivity contribution in [3.63, 3.8) is 0 Å². The molecule has 0 spiro atoms. The molecule has 0 aromatic heterocycles. The number of hydrogen-bond acceptors (Lipinski definition) is 3. The molecule has 0 saturated heterocycles. The van der Waals surface area contributed by atoms with Crippen LogP contribution in [0.5, 0.6) is 5.75 Å². The number of esters is 1. The van der Waals surface area contributed by atoms with Crippen LogP contribution in [0.25, 0.3) is 0 Å². The SMILES string of the molecule is CCOC(=O)CCCCCOc1ccccc1I. The zero-order valence-corrected chi connectivity index (χ0v) is 12.8. The molecule has 0 aliphatic carbocycles. The molecule has 0 radical (unpaired) electrons. The van der Waals surface area contributed by atoms with Gasteiger partial charge in [-0.25, -0.2) is 0 Å². The summed E-state index contributed by atoms with van der Waals surface area (Å²) in [5.41, 5.74) is 0. The van der Waals surface area contributed by atoms with Gasteiger partial charge in [0.25, 0.3) is 0 Å². The molecule has 0 atom stereocenters. The highest BCUT2D eigenvalue weighted by Gasteiger charge is 2.01.